The number of rotatable bonds is 3. The Morgan fingerprint density at radius 3 is 2.65 bits per heavy atom. The van der Waals surface area contributed by atoms with Crippen LogP contribution in [0.25, 0.3) is 27.6 Å². The van der Waals surface area contributed by atoms with Gasteiger partial charge in [-0.05, 0) is 46.9 Å². The van der Waals surface area contributed by atoms with Crippen molar-refractivity contribution in [1.82, 2.24) is 14.8 Å². The Labute approximate surface area is 196 Å². The van der Waals surface area contributed by atoms with E-state index in [0.717, 1.165) is 28.0 Å². The lowest BCUT2D eigenvalue weighted by Crippen LogP contribution is -2.33. The fourth-order valence-electron chi connectivity index (χ4n) is 4.68. The van der Waals surface area contributed by atoms with E-state index in [1.807, 2.05) is 24.3 Å². The van der Waals surface area contributed by atoms with E-state index < -0.39 is 5.82 Å². The van der Waals surface area contributed by atoms with Crippen molar-refractivity contribution in [3.63, 3.8) is 0 Å². The Hall–Kier alpha value is -3.94. The molecule has 2 aliphatic rings. The number of amides is 3. The molecule has 0 radical (unpaired) electrons. The molecule has 174 valence electrons. The molecule has 5 rings (SSSR count). The second-order valence-electron chi connectivity index (χ2n) is 9.01. The average Bonchev–Trinajstić information content (AvgIpc) is 3.42. The van der Waals surface area contributed by atoms with Crippen LogP contribution in [-0.4, -0.2) is 59.7 Å². The zero-order valence-corrected chi connectivity index (χ0v) is 19.3. The van der Waals surface area contributed by atoms with Gasteiger partial charge in [-0.3, -0.25) is 14.4 Å². The van der Waals surface area contributed by atoms with Crippen LogP contribution in [0.2, 0.25) is 0 Å². The summed E-state index contributed by atoms with van der Waals surface area (Å²) in [5, 5.41) is 3.44. The maximum Gasteiger partial charge on any atom is 0.269 e. The summed E-state index contributed by atoms with van der Waals surface area (Å²) in [6, 6.07) is 9.14. The molecule has 0 saturated heterocycles. The van der Waals surface area contributed by atoms with Gasteiger partial charge in [0, 0.05) is 50.7 Å². The van der Waals surface area contributed by atoms with Crippen LogP contribution in [0.1, 0.15) is 35.0 Å². The van der Waals surface area contributed by atoms with E-state index in [0.29, 0.717) is 36.9 Å². The highest BCUT2D eigenvalue weighted by atomic mass is 19.1. The van der Waals surface area contributed by atoms with Gasteiger partial charge < -0.3 is 20.1 Å². The largest absolute Gasteiger partial charge is 0.348 e. The van der Waals surface area contributed by atoms with E-state index in [9.17, 15) is 14.4 Å². The van der Waals surface area contributed by atoms with Gasteiger partial charge in [0.15, 0.2) is 5.82 Å². The van der Waals surface area contributed by atoms with Crippen molar-refractivity contribution < 1.29 is 18.8 Å². The monoisotopic (exact) mass is 460 g/mol. The van der Waals surface area contributed by atoms with Crippen molar-refractivity contribution in [3.05, 3.63) is 59.0 Å². The molecular formula is C26H25FN4O3. The molecule has 2 aromatic carbocycles. The Morgan fingerprint density at radius 1 is 1.12 bits per heavy atom. The van der Waals surface area contributed by atoms with Gasteiger partial charge in [-0.25, -0.2) is 4.39 Å². The Kier molecular flexibility index (Phi) is 5.23. The molecule has 7 nitrogen and oxygen atoms in total. The van der Waals surface area contributed by atoms with Gasteiger partial charge in [-0.1, -0.05) is 18.2 Å². The summed E-state index contributed by atoms with van der Waals surface area (Å²) in [5.74, 6) is -0.832. The molecule has 8 heteroatoms. The summed E-state index contributed by atoms with van der Waals surface area (Å²) in [6.07, 6.45) is 2.94. The van der Waals surface area contributed by atoms with Crippen molar-refractivity contribution in [2.75, 3.05) is 32.5 Å². The second-order valence-corrected chi connectivity index (χ2v) is 9.01. The summed E-state index contributed by atoms with van der Waals surface area (Å²) >= 11 is 0. The number of H-pyrrole nitrogens is 1. The summed E-state index contributed by atoms with van der Waals surface area (Å²) in [6.45, 7) is 2.43. The van der Waals surface area contributed by atoms with Gasteiger partial charge in [-0.2, -0.15) is 0 Å². The number of fused-ring (bicyclic) bond motifs is 2. The van der Waals surface area contributed by atoms with Crippen LogP contribution >= 0.6 is 0 Å². The quantitative estimate of drug-likeness (QED) is 0.623. The van der Waals surface area contributed by atoms with Crippen LogP contribution < -0.4 is 5.32 Å². The third-order valence-electron chi connectivity index (χ3n) is 6.48. The molecule has 1 aromatic heterocycles. The van der Waals surface area contributed by atoms with E-state index in [4.69, 9.17) is 0 Å². The molecule has 3 aromatic rings. The highest BCUT2D eigenvalue weighted by molar-refractivity contribution is 6.06. The molecule has 34 heavy (non-hydrogen) atoms. The van der Waals surface area contributed by atoms with Crippen molar-refractivity contribution in [3.8, 4) is 11.1 Å². The topological polar surface area (TPSA) is 85.5 Å². The molecular weight excluding hydrogens is 435 g/mol. The first-order valence-corrected chi connectivity index (χ1v) is 11.2. The van der Waals surface area contributed by atoms with E-state index in [2.05, 4.69) is 10.3 Å². The minimum absolute atomic E-state index is 0.0552. The minimum atomic E-state index is -0.456. The Bertz CT molecular complexity index is 1400. The highest BCUT2D eigenvalue weighted by Crippen LogP contribution is 2.38. The molecule has 0 fully saturated rings. The lowest BCUT2D eigenvalue weighted by atomic mass is 9.92. The summed E-state index contributed by atoms with van der Waals surface area (Å²) in [4.78, 5) is 42.6. The van der Waals surface area contributed by atoms with Crippen LogP contribution in [0.3, 0.4) is 0 Å². The number of halogens is 1. The number of carbonyl (C=O) groups is 3. The van der Waals surface area contributed by atoms with E-state index in [1.165, 1.54) is 11.8 Å². The van der Waals surface area contributed by atoms with Gasteiger partial charge in [0.25, 0.3) is 5.91 Å². The summed E-state index contributed by atoms with van der Waals surface area (Å²) < 4.78 is 15.9. The number of hydrogen-bond acceptors (Lipinski definition) is 3. The fraction of sp³-hybridized carbons (Fsp3) is 0.269. The van der Waals surface area contributed by atoms with Crippen molar-refractivity contribution in [2.24, 2.45) is 0 Å². The number of hydrogen-bond donors (Lipinski definition) is 2. The molecule has 0 bridgehead atoms. The third-order valence-corrected chi connectivity index (χ3v) is 6.48. The molecule has 0 atom stereocenters. The fourth-order valence-corrected chi connectivity index (χ4v) is 4.68. The first kappa shape index (κ1) is 21.9. The summed E-state index contributed by atoms with van der Waals surface area (Å²) in [5.41, 5.74) is 4.84. The number of nitrogens with zero attached hydrogens (tertiary/aromatic N) is 2. The van der Waals surface area contributed by atoms with E-state index in [1.54, 1.807) is 31.1 Å². The predicted octanol–water partition coefficient (Wildman–Crippen LogP) is 3.81. The highest BCUT2D eigenvalue weighted by Gasteiger charge is 2.25. The number of anilines is 1. The van der Waals surface area contributed by atoms with Crippen LogP contribution in [0.5, 0.6) is 0 Å². The number of aromatic amines is 1. The molecule has 2 aliphatic heterocycles. The molecule has 0 spiro atoms. The maximum atomic E-state index is 15.9. The van der Waals surface area contributed by atoms with Crippen LogP contribution in [-0.2, 0) is 16.0 Å². The van der Waals surface area contributed by atoms with Gasteiger partial charge in [0.05, 0.1) is 11.9 Å². The first-order valence-electron chi connectivity index (χ1n) is 11.2. The van der Waals surface area contributed by atoms with Gasteiger partial charge in [0.1, 0.15) is 5.69 Å². The van der Waals surface area contributed by atoms with Gasteiger partial charge in [0.2, 0.25) is 11.8 Å². The lowest BCUT2D eigenvalue weighted by Gasteiger charge is -2.27. The van der Waals surface area contributed by atoms with E-state index >= 15 is 4.39 Å². The summed E-state index contributed by atoms with van der Waals surface area (Å²) in [7, 11) is 3.28. The van der Waals surface area contributed by atoms with Crippen LogP contribution in [0.4, 0.5) is 10.1 Å². The molecule has 0 aliphatic carbocycles. The van der Waals surface area contributed by atoms with Crippen LogP contribution in [0, 0.1) is 5.82 Å². The number of aromatic nitrogens is 1. The predicted molar refractivity (Wildman–Crippen MR) is 129 cm³/mol. The minimum Gasteiger partial charge on any atom is -0.348 e. The molecule has 3 amide bonds. The average molecular weight is 461 g/mol. The SMILES string of the molecule is CC(=O)N1CCC=C(c2cc(-c3ccc4c(c3)NC(=O)C4)c3cc(C(=O)N(C)C)[nH]c3c2F)C1. The van der Waals surface area contributed by atoms with Gasteiger partial charge in [-0.15, -0.1) is 0 Å². The standard InChI is InChI=1S/C26H25FN4O3/c1-14(32)31-8-4-5-17(13-31)19-11-18(15-6-7-16-10-23(33)28-21(16)9-15)20-12-22(26(34)30(2)3)29-25(20)24(19)27/h5-7,9,11-12,29H,4,8,10,13H2,1-3H3,(H,28,33). The van der Waals surface area contributed by atoms with Gasteiger partial charge >= 0.3 is 0 Å². The maximum absolute atomic E-state index is 15.9. The molecule has 2 N–H and O–H groups in total. The number of nitrogens with one attached hydrogen (secondary N) is 2. The first-order chi connectivity index (χ1) is 16.2. The van der Waals surface area contributed by atoms with Crippen molar-refractivity contribution >= 4 is 39.9 Å². The van der Waals surface area contributed by atoms with Crippen molar-refractivity contribution in [1.29, 1.82) is 0 Å². The molecule has 0 saturated carbocycles. The molecule has 0 unspecified atom stereocenters. The normalized spacial score (nSPS) is 15.2. The smallest absolute Gasteiger partial charge is 0.269 e. The van der Waals surface area contributed by atoms with Crippen LogP contribution in [0.15, 0.2) is 36.4 Å². The Morgan fingerprint density at radius 2 is 1.91 bits per heavy atom. The Balaban J connectivity index is 1.72. The lowest BCUT2D eigenvalue weighted by molar-refractivity contribution is -0.128. The number of benzene rings is 2. The zero-order valence-electron chi connectivity index (χ0n) is 19.3. The van der Waals surface area contributed by atoms with Crippen molar-refractivity contribution in [2.45, 2.75) is 19.8 Å². The zero-order chi connectivity index (χ0) is 24.1. The van der Waals surface area contributed by atoms with E-state index in [-0.39, 0.29) is 28.9 Å². The molecule has 3 heterocycles. The third kappa shape index (κ3) is 3.65. The number of carbonyl (C=O) groups excluding carboxylic acids is 3. The second kappa shape index (κ2) is 8.13.